The van der Waals surface area contributed by atoms with E-state index >= 15 is 0 Å². The fourth-order valence-electron chi connectivity index (χ4n) is 4.67. The van der Waals surface area contributed by atoms with E-state index in [1.807, 2.05) is 0 Å². The Morgan fingerprint density at radius 2 is 1.60 bits per heavy atom. The average molecular weight is 262 g/mol. The van der Waals surface area contributed by atoms with Gasteiger partial charge in [0.05, 0.1) is 0 Å². The number of rotatable bonds is 0. The van der Waals surface area contributed by atoms with Crippen LogP contribution in [0.3, 0.4) is 0 Å². The highest BCUT2D eigenvalue weighted by Gasteiger charge is 2.49. The van der Waals surface area contributed by atoms with Gasteiger partial charge in [0.15, 0.2) is 0 Å². The Balaban J connectivity index is 1.69. The lowest BCUT2D eigenvalue weighted by Crippen LogP contribution is -2.34. The summed E-state index contributed by atoms with van der Waals surface area (Å²) >= 11 is 0. The predicted molar refractivity (Wildman–Crippen MR) is 82.4 cm³/mol. The molecule has 2 heterocycles. The van der Waals surface area contributed by atoms with Crippen molar-refractivity contribution >= 4 is 11.4 Å². The molecule has 0 radical (unpaired) electrons. The number of benzene rings is 2. The van der Waals surface area contributed by atoms with E-state index in [2.05, 4.69) is 59.2 Å². The summed E-state index contributed by atoms with van der Waals surface area (Å²) in [6, 6.07) is 18.4. The topological polar surface area (TPSA) is 24.1 Å². The zero-order valence-electron chi connectivity index (χ0n) is 11.3. The van der Waals surface area contributed by atoms with Crippen molar-refractivity contribution in [3.05, 3.63) is 59.7 Å². The number of hydrogen-bond donors (Lipinski definition) is 2. The maximum Gasteiger partial charge on any atom is 0.0378 e. The molecular weight excluding hydrogens is 244 g/mol. The highest BCUT2D eigenvalue weighted by atomic mass is 15.0. The van der Waals surface area contributed by atoms with Crippen molar-refractivity contribution in [2.24, 2.45) is 5.92 Å². The Morgan fingerprint density at radius 3 is 2.50 bits per heavy atom. The molecule has 1 fully saturated rings. The van der Waals surface area contributed by atoms with Crippen molar-refractivity contribution in [1.82, 2.24) is 0 Å². The van der Waals surface area contributed by atoms with Crippen LogP contribution in [-0.2, 0) is 0 Å². The smallest absolute Gasteiger partial charge is 0.0378 e. The van der Waals surface area contributed by atoms with Crippen molar-refractivity contribution in [3.63, 3.8) is 0 Å². The molecule has 2 heteroatoms. The first-order valence-corrected chi connectivity index (χ1v) is 7.60. The average Bonchev–Trinajstić information content (AvgIpc) is 2.82. The Labute approximate surface area is 119 Å². The van der Waals surface area contributed by atoms with Crippen molar-refractivity contribution in [3.8, 4) is 0 Å². The molecule has 5 rings (SSSR count). The first kappa shape index (κ1) is 10.8. The number of fused-ring (bicyclic) bond motifs is 9. The van der Waals surface area contributed by atoms with Gasteiger partial charge >= 0.3 is 0 Å². The molecule has 1 saturated carbocycles. The molecule has 4 unspecified atom stereocenters. The van der Waals surface area contributed by atoms with Gasteiger partial charge < -0.3 is 10.6 Å². The van der Waals surface area contributed by atoms with Crippen LogP contribution in [0.5, 0.6) is 0 Å². The lowest BCUT2D eigenvalue weighted by Gasteiger charge is -2.32. The van der Waals surface area contributed by atoms with Crippen LogP contribution >= 0.6 is 0 Å². The van der Waals surface area contributed by atoms with E-state index in [1.54, 1.807) is 0 Å². The second-order valence-corrected chi connectivity index (χ2v) is 6.34. The van der Waals surface area contributed by atoms with Gasteiger partial charge in [0, 0.05) is 29.9 Å². The fraction of sp³-hybridized carbons (Fsp3) is 0.333. The summed E-state index contributed by atoms with van der Waals surface area (Å²) in [5.74, 6) is 2.07. The third-order valence-electron chi connectivity index (χ3n) is 5.47. The van der Waals surface area contributed by atoms with E-state index in [9.17, 15) is 0 Å². The van der Waals surface area contributed by atoms with Crippen molar-refractivity contribution < 1.29 is 0 Å². The predicted octanol–water partition coefficient (Wildman–Crippen LogP) is 3.79. The summed E-state index contributed by atoms with van der Waals surface area (Å²) in [6.07, 6.45) is 1.28. The van der Waals surface area contributed by atoms with Crippen molar-refractivity contribution in [2.45, 2.75) is 24.3 Å². The normalized spacial score (nSPS) is 32.4. The Hall–Kier alpha value is -1.96. The molecule has 2 bridgehead atoms. The van der Waals surface area contributed by atoms with Gasteiger partial charge in [-0.15, -0.1) is 0 Å². The van der Waals surface area contributed by atoms with Crippen LogP contribution in [0.15, 0.2) is 48.5 Å². The molecular formula is C18H18N2. The highest BCUT2D eigenvalue weighted by Crippen LogP contribution is 2.57. The lowest BCUT2D eigenvalue weighted by atomic mass is 9.77. The van der Waals surface area contributed by atoms with Gasteiger partial charge in [-0.2, -0.15) is 0 Å². The molecule has 3 aliphatic rings. The van der Waals surface area contributed by atoms with Crippen LogP contribution < -0.4 is 10.6 Å². The molecule has 2 nitrogen and oxygen atoms in total. The molecule has 4 atom stereocenters. The minimum Gasteiger partial charge on any atom is -0.384 e. The van der Waals surface area contributed by atoms with E-state index in [0.29, 0.717) is 23.8 Å². The lowest BCUT2D eigenvalue weighted by molar-refractivity contribution is 0.459. The zero-order valence-corrected chi connectivity index (χ0v) is 11.3. The Bertz CT molecular complexity index is 679. The molecule has 0 spiro atoms. The zero-order chi connectivity index (χ0) is 13.1. The molecule has 0 saturated heterocycles. The first-order valence-electron chi connectivity index (χ1n) is 7.60. The largest absolute Gasteiger partial charge is 0.384 e. The molecule has 100 valence electrons. The fourth-order valence-corrected chi connectivity index (χ4v) is 4.67. The van der Waals surface area contributed by atoms with Crippen LogP contribution in [0.25, 0.3) is 0 Å². The molecule has 2 aromatic rings. The van der Waals surface area contributed by atoms with Crippen LogP contribution in [0.2, 0.25) is 0 Å². The molecule has 2 aliphatic heterocycles. The van der Waals surface area contributed by atoms with E-state index in [0.717, 1.165) is 6.54 Å². The van der Waals surface area contributed by atoms with E-state index in [-0.39, 0.29) is 0 Å². The van der Waals surface area contributed by atoms with Gasteiger partial charge in [0.25, 0.3) is 0 Å². The quantitative estimate of drug-likeness (QED) is 0.754. The Morgan fingerprint density at radius 1 is 0.850 bits per heavy atom. The van der Waals surface area contributed by atoms with Gasteiger partial charge in [0.1, 0.15) is 0 Å². The van der Waals surface area contributed by atoms with Gasteiger partial charge in [-0.05, 0) is 41.5 Å². The van der Waals surface area contributed by atoms with Gasteiger partial charge in [0.2, 0.25) is 0 Å². The summed E-state index contributed by atoms with van der Waals surface area (Å²) < 4.78 is 0. The van der Waals surface area contributed by atoms with Crippen LogP contribution in [0.1, 0.15) is 29.4 Å². The van der Waals surface area contributed by atoms with Gasteiger partial charge in [-0.25, -0.2) is 0 Å². The van der Waals surface area contributed by atoms with Crippen LogP contribution in [0, 0.1) is 5.92 Å². The monoisotopic (exact) mass is 262 g/mol. The standard InChI is InChI=1S/C18H18N2/c1-4-8-16-11(5-1)13-9-17(20-16)14-10-19-15-7-3-2-6-12(15)18(13)14/h1-8,13-14,17-20H,9-10H2. The van der Waals surface area contributed by atoms with E-state index < -0.39 is 0 Å². The summed E-state index contributed by atoms with van der Waals surface area (Å²) in [4.78, 5) is 0. The number of hydrogen-bond acceptors (Lipinski definition) is 2. The molecule has 0 amide bonds. The number of nitrogens with one attached hydrogen (secondary N) is 2. The maximum atomic E-state index is 3.78. The maximum absolute atomic E-state index is 3.78. The molecule has 0 aromatic heterocycles. The summed E-state index contributed by atoms with van der Waals surface area (Å²) in [6.45, 7) is 1.10. The molecule has 1 aliphatic carbocycles. The minimum atomic E-state index is 0.626. The van der Waals surface area contributed by atoms with Crippen molar-refractivity contribution in [2.75, 3.05) is 17.2 Å². The van der Waals surface area contributed by atoms with Crippen LogP contribution in [0.4, 0.5) is 11.4 Å². The minimum absolute atomic E-state index is 0.626. The second kappa shape index (κ2) is 3.78. The van der Waals surface area contributed by atoms with Crippen molar-refractivity contribution in [1.29, 1.82) is 0 Å². The summed E-state index contributed by atoms with van der Waals surface area (Å²) in [7, 11) is 0. The highest BCUT2D eigenvalue weighted by molar-refractivity contribution is 5.63. The van der Waals surface area contributed by atoms with Crippen LogP contribution in [-0.4, -0.2) is 12.6 Å². The van der Waals surface area contributed by atoms with E-state index in [4.69, 9.17) is 0 Å². The third-order valence-corrected chi connectivity index (χ3v) is 5.47. The SMILES string of the molecule is c1ccc2c(c1)NC1CC2C2c3ccccc3NCC12. The summed E-state index contributed by atoms with van der Waals surface area (Å²) in [5.41, 5.74) is 5.75. The third kappa shape index (κ3) is 1.29. The number of para-hydroxylation sites is 2. The number of anilines is 2. The van der Waals surface area contributed by atoms with Gasteiger partial charge in [-0.3, -0.25) is 0 Å². The first-order chi connectivity index (χ1) is 9.92. The van der Waals surface area contributed by atoms with Gasteiger partial charge in [-0.1, -0.05) is 36.4 Å². The molecule has 20 heavy (non-hydrogen) atoms. The molecule has 2 N–H and O–H groups in total. The molecule has 2 aromatic carbocycles. The second-order valence-electron chi connectivity index (χ2n) is 6.34. The van der Waals surface area contributed by atoms with E-state index in [1.165, 1.54) is 28.9 Å². The summed E-state index contributed by atoms with van der Waals surface area (Å²) in [5, 5.41) is 7.41. The Kier molecular flexibility index (Phi) is 2.04.